The Hall–Kier alpha value is -2.73. The molecule has 0 atom stereocenters. The third-order valence-corrected chi connectivity index (χ3v) is 3.43. The highest BCUT2D eigenvalue weighted by atomic mass is 15.0. The summed E-state index contributed by atoms with van der Waals surface area (Å²) >= 11 is 0. The smallest absolute Gasteiger partial charge is 0.0931 e. The van der Waals surface area contributed by atoms with E-state index in [2.05, 4.69) is 78.0 Å². The summed E-state index contributed by atoms with van der Waals surface area (Å²) in [5, 5.41) is 4.36. The van der Waals surface area contributed by atoms with Gasteiger partial charge in [-0.2, -0.15) is 0 Å². The molecule has 0 unspecified atom stereocenters. The van der Waals surface area contributed by atoms with E-state index in [1.807, 2.05) is 6.92 Å². The summed E-state index contributed by atoms with van der Waals surface area (Å²) in [6.07, 6.45) is 1.66. The van der Waals surface area contributed by atoms with Gasteiger partial charge in [-0.1, -0.05) is 30.7 Å². The molecule has 2 rings (SSSR count). The molecule has 2 aromatic rings. The summed E-state index contributed by atoms with van der Waals surface area (Å²) in [7, 11) is 0. The van der Waals surface area contributed by atoms with Crippen molar-refractivity contribution in [1.29, 1.82) is 0 Å². The van der Waals surface area contributed by atoms with Crippen molar-refractivity contribution < 1.29 is 0 Å². The topological polar surface area (TPSA) is 29.3 Å². The van der Waals surface area contributed by atoms with Gasteiger partial charge in [0.05, 0.1) is 12.2 Å². The zero-order valence-electron chi connectivity index (χ0n) is 14.1. The van der Waals surface area contributed by atoms with Crippen molar-refractivity contribution in [2.24, 2.45) is 4.99 Å². The van der Waals surface area contributed by atoms with E-state index in [-0.39, 0.29) is 0 Å². The van der Waals surface area contributed by atoms with E-state index in [1.54, 1.807) is 6.21 Å². The molecular weight excluding hydrogens is 282 g/mol. The van der Waals surface area contributed by atoms with Crippen LogP contribution in [0.4, 0.5) is 0 Å². The fraction of sp³-hybridized carbons (Fsp3) is 0.250. The molecule has 0 amide bonds. The van der Waals surface area contributed by atoms with Crippen LogP contribution in [0.1, 0.15) is 25.1 Å². The van der Waals surface area contributed by atoms with Gasteiger partial charge >= 0.3 is 0 Å². The average molecular weight is 305 g/mol. The van der Waals surface area contributed by atoms with E-state index in [0.29, 0.717) is 6.54 Å². The molecule has 0 saturated heterocycles. The molecule has 0 bridgehead atoms. The second-order valence-corrected chi connectivity index (χ2v) is 5.51. The largest absolute Gasteiger partial charge is 0.373 e. The van der Waals surface area contributed by atoms with Crippen molar-refractivity contribution in [2.75, 3.05) is 6.54 Å². The number of hydrogen-bond donors (Lipinski definition) is 1. The predicted molar refractivity (Wildman–Crippen MR) is 99.7 cm³/mol. The van der Waals surface area contributed by atoms with Gasteiger partial charge in [0.1, 0.15) is 0 Å². The van der Waals surface area contributed by atoms with Gasteiger partial charge in [0.15, 0.2) is 0 Å². The second-order valence-electron chi connectivity index (χ2n) is 5.51. The Kier molecular flexibility index (Phi) is 5.43. The SMILES string of the molecule is C=C(C)/N=C\C(=C)NCC#Cc1cc2cc(C)ccc2n1CC. The maximum absolute atomic E-state index is 4.09. The first-order valence-electron chi connectivity index (χ1n) is 7.72. The number of hydrogen-bond acceptors (Lipinski definition) is 2. The molecule has 1 heterocycles. The lowest BCUT2D eigenvalue weighted by Crippen LogP contribution is -2.13. The lowest BCUT2D eigenvalue weighted by atomic mass is 10.2. The maximum Gasteiger partial charge on any atom is 0.0931 e. The Morgan fingerprint density at radius 2 is 2.13 bits per heavy atom. The molecule has 0 fully saturated rings. The minimum atomic E-state index is 0.533. The number of aliphatic imine (C=N–C) groups is 1. The molecule has 0 aliphatic heterocycles. The van der Waals surface area contributed by atoms with E-state index < -0.39 is 0 Å². The lowest BCUT2D eigenvalue weighted by Gasteiger charge is -2.03. The summed E-state index contributed by atoms with van der Waals surface area (Å²) in [4.78, 5) is 4.09. The number of benzene rings is 1. The van der Waals surface area contributed by atoms with Crippen LogP contribution >= 0.6 is 0 Å². The lowest BCUT2D eigenvalue weighted by molar-refractivity contribution is 0.787. The van der Waals surface area contributed by atoms with Gasteiger partial charge in [0.25, 0.3) is 0 Å². The molecular formula is C20H23N3. The van der Waals surface area contributed by atoms with Gasteiger partial charge in [-0.05, 0) is 44.9 Å². The summed E-state index contributed by atoms with van der Waals surface area (Å²) < 4.78 is 2.24. The number of rotatable bonds is 5. The predicted octanol–water partition coefficient (Wildman–Crippen LogP) is 4.03. The number of nitrogens with one attached hydrogen (secondary N) is 1. The zero-order chi connectivity index (χ0) is 16.8. The summed E-state index contributed by atoms with van der Waals surface area (Å²) in [6.45, 7) is 15.1. The molecule has 1 aromatic heterocycles. The quantitative estimate of drug-likeness (QED) is 0.656. The number of nitrogens with zero attached hydrogens (tertiary/aromatic N) is 2. The van der Waals surface area contributed by atoms with E-state index in [0.717, 1.165) is 23.6 Å². The standard InChI is InChI=1S/C20H23N3/c1-6-23-19(13-18-12-16(4)9-10-20(18)23)8-7-11-21-17(5)14-22-15(2)3/h9-10,12-14,21H,2,5-6,11H2,1,3-4H3/b22-14-. The molecule has 0 spiro atoms. The molecule has 3 heteroatoms. The minimum absolute atomic E-state index is 0.533. The van der Waals surface area contributed by atoms with E-state index in [4.69, 9.17) is 0 Å². The van der Waals surface area contributed by atoms with Crippen LogP contribution in [0, 0.1) is 18.8 Å². The molecule has 0 saturated carbocycles. The Bertz CT molecular complexity index is 826. The zero-order valence-corrected chi connectivity index (χ0v) is 14.1. The van der Waals surface area contributed by atoms with Crippen LogP contribution in [0.25, 0.3) is 10.9 Å². The van der Waals surface area contributed by atoms with Gasteiger partial charge in [-0.15, -0.1) is 0 Å². The van der Waals surface area contributed by atoms with Crippen molar-refractivity contribution in [3.05, 3.63) is 60.1 Å². The molecule has 1 N–H and O–H groups in total. The van der Waals surface area contributed by atoms with Gasteiger partial charge in [-0.3, -0.25) is 4.99 Å². The Balaban J connectivity index is 2.10. The minimum Gasteiger partial charge on any atom is -0.373 e. The first kappa shape index (κ1) is 16.6. The van der Waals surface area contributed by atoms with E-state index in [1.165, 1.54) is 16.5 Å². The van der Waals surface area contributed by atoms with Gasteiger partial charge < -0.3 is 9.88 Å². The summed E-state index contributed by atoms with van der Waals surface area (Å²) in [6, 6.07) is 8.64. The Morgan fingerprint density at radius 1 is 1.35 bits per heavy atom. The first-order valence-corrected chi connectivity index (χ1v) is 7.72. The maximum atomic E-state index is 4.09. The normalized spacial score (nSPS) is 10.6. The number of aromatic nitrogens is 1. The van der Waals surface area contributed by atoms with Crippen LogP contribution in [-0.2, 0) is 6.54 Å². The van der Waals surface area contributed by atoms with Crippen LogP contribution in [0.2, 0.25) is 0 Å². The van der Waals surface area contributed by atoms with E-state index >= 15 is 0 Å². The number of allylic oxidation sites excluding steroid dienone is 2. The van der Waals surface area contributed by atoms with Crippen molar-refractivity contribution in [3.8, 4) is 11.8 Å². The Labute approximate surface area is 138 Å². The van der Waals surface area contributed by atoms with E-state index in [9.17, 15) is 0 Å². The summed E-state index contributed by atoms with van der Waals surface area (Å²) in [5.41, 5.74) is 5.01. The van der Waals surface area contributed by atoms with Gasteiger partial charge in [0.2, 0.25) is 0 Å². The molecule has 23 heavy (non-hydrogen) atoms. The van der Waals surface area contributed by atoms with Crippen LogP contribution in [0.5, 0.6) is 0 Å². The van der Waals surface area contributed by atoms with Crippen molar-refractivity contribution >= 4 is 17.1 Å². The fourth-order valence-electron chi connectivity index (χ4n) is 2.36. The van der Waals surface area contributed by atoms with Crippen molar-refractivity contribution in [3.63, 3.8) is 0 Å². The monoisotopic (exact) mass is 305 g/mol. The van der Waals surface area contributed by atoms with Crippen molar-refractivity contribution in [1.82, 2.24) is 9.88 Å². The highest BCUT2D eigenvalue weighted by Gasteiger charge is 2.05. The first-order chi connectivity index (χ1) is 11.0. The average Bonchev–Trinajstić information content (AvgIpc) is 2.85. The summed E-state index contributed by atoms with van der Waals surface area (Å²) in [5.74, 6) is 6.38. The highest BCUT2D eigenvalue weighted by Crippen LogP contribution is 2.20. The van der Waals surface area contributed by atoms with Crippen LogP contribution in [0.15, 0.2) is 53.8 Å². The molecule has 3 nitrogen and oxygen atoms in total. The highest BCUT2D eigenvalue weighted by molar-refractivity contribution is 5.83. The third kappa shape index (κ3) is 4.37. The van der Waals surface area contributed by atoms with Gasteiger partial charge in [-0.25, -0.2) is 0 Å². The number of aryl methyl sites for hydroxylation is 2. The molecule has 0 aliphatic carbocycles. The molecule has 0 radical (unpaired) electrons. The second kappa shape index (κ2) is 7.51. The fourth-order valence-corrected chi connectivity index (χ4v) is 2.36. The van der Waals surface area contributed by atoms with Gasteiger partial charge in [0, 0.05) is 35.1 Å². The molecule has 118 valence electrons. The molecule has 1 aromatic carbocycles. The van der Waals surface area contributed by atoms with Crippen LogP contribution in [0.3, 0.4) is 0 Å². The number of fused-ring (bicyclic) bond motifs is 1. The van der Waals surface area contributed by atoms with Crippen molar-refractivity contribution in [2.45, 2.75) is 27.3 Å². The van der Waals surface area contributed by atoms with Crippen LogP contribution in [-0.4, -0.2) is 17.3 Å². The van der Waals surface area contributed by atoms with Crippen LogP contribution < -0.4 is 5.32 Å². The Morgan fingerprint density at radius 3 is 2.83 bits per heavy atom. The third-order valence-electron chi connectivity index (χ3n) is 3.43. The molecule has 0 aliphatic rings.